The van der Waals surface area contributed by atoms with Gasteiger partial charge in [0.25, 0.3) is 0 Å². The van der Waals surface area contributed by atoms with Crippen molar-refractivity contribution in [3.63, 3.8) is 0 Å². The first kappa shape index (κ1) is 27.5. The van der Waals surface area contributed by atoms with E-state index in [1.54, 1.807) is 0 Å². The Morgan fingerprint density at radius 1 is 0.794 bits per heavy atom. The topological polar surface area (TPSA) is 50.1 Å². The third-order valence-corrected chi connectivity index (χ3v) is 9.80. The monoisotopic (exact) mass is 471 g/mol. The van der Waals surface area contributed by atoms with Crippen molar-refractivity contribution < 1.29 is 9.53 Å². The first-order valence-corrected chi connectivity index (χ1v) is 15.2. The number of esters is 1. The molecule has 0 N–H and O–H groups in total. The predicted molar refractivity (Wildman–Crippen MR) is 140 cm³/mol. The molecule has 0 spiro atoms. The summed E-state index contributed by atoms with van der Waals surface area (Å²) in [6, 6.07) is 2.75. The molecule has 0 unspecified atom stereocenters. The van der Waals surface area contributed by atoms with Crippen molar-refractivity contribution in [2.45, 2.75) is 155 Å². The van der Waals surface area contributed by atoms with E-state index in [1.807, 2.05) is 0 Å². The van der Waals surface area contributed by atoms with Crippen LogP contribution < -0.4 is 0 Å². The van der Waals surface area contributed by atoms with Crippen molar-refractivity contribution >= 4 is 5.97 Å². The van der Waals surface area contributed by atoms with Gasteiger partial charge in [0.2, 0.25) is 0 Å². The van der Waals surface area contributed by atoms with Gasteiger partial charge in [0.15, 0.2) is 0 Å². The minimum atomic E-state index is -0.0367. The summed E-state index contributed by atoms with van der Waals surface area (Å²) in [5, 5.41) is 9.92. The van der Waals surface area contributed by atoms with E-state index in [-0.39, 0.29) is 23.4 Å². The van der Waals surface area contributed by atoms with Crippen molar-refractivity contribution in [1.82, 2.24) is 0 Å². The van der Waals surface area contributed by atoms with Crippen LogP contribution in [0.5, 0.6) is 0 Å². The quantitative estimate of drug-likeness (QED) is 0.210. The van der Waals surface area contributed by atoms with Crippen molar-refractivity contribution in [3.05, 3.63) is 0 Å². The third-order valence-electron chi connectivity index (χ3n) is 9.80. The summed E-state index contributed by atoms with van der Waals surface area (Å²) in [4.78, 5) is 12.8. The molecular formula is C31H53NO2. The van der Waals surface area contributed by atoms with Gasteiger partial charge in [0.1, 0.15) is 6.10 Å². The second-order valence-electron chi connectivity index (χ2n) is 12.2. The number of hydrogen-bond donors (Lipinski definition) is 0. The molecule has 194 valence electrons. The first-order chi connectivity index (χ1) is 16.6. The number of nitriles is 1. The molecule has 0 atom stereocenters. The summed E-state index contributed by atoms with van der Waals surface area (Å²) in [6.07, 6.45) is 25.5. The molecule has 3 heteroatoms. The smallest absolute Gasteiger partial charge is 0.309 e. The second-order valence-corrected chi connectivity index (χ2v) is 12.2. The highest BCUT2D eigenvalue weighted by molar-refractivity contribution is 5.72. The minimum absolute atomic E-state index is 0.0367. The molecule has 0 heterocycles. The summed E-state index contributed by atoms with van der Waals surface area (Å²) in [5.74, 6) is 2.68. The Kier molecular flexibility index (Phi) is 11.7. The molecule has 3 rings (SSSR count). The molecule has 0 radical (unpaired) electrons. The predicted octanol–water partition coefficient (Wildman–Crippen LogP) is 9.15. The fraction of sp³-hybridized carbons (Fsp3) is 0.935. The van der Waals surface area contributed by atoms with Crippen molar-refractivity contribution in [3.8, 4) is 6.07 Å². The number of nitrogens with zero attached hydrogens (tertiary/aromatic N) is 1. The zero-order chi connectivity index (χ0) is 24.2. The van der Waals surface area contributed by atoms with Crippen LogP contribution in [0.4, 0.5) is 0 Å². The largest absolute Gasteiger partial charge is 0.462 e. The van der Waals surface area contributed by atoms with Crippen molar-refractivity contribution in [1.29, 1.82) is 5.26 Å². The van der Waals surface area contributed by atoms with Crippen LogP contribution in [0.25, 0.3) is 0 Å². The molecule has 0 saturated heterocycles. The summed E-state index contributed by atoms with van der Waals surface area (Å²) in [7, 11) is 0. The zero-order valence-corrected chi connectivity index (χ0v) is 22.5. The number of unbranched alkanes of at least 4 members (excludes halogenated alkanes) is 5. The average Bonchev–Trinajstić information content (AvgIpc) is 2.88. The van der Waals surface area contributed by atoms with Gasteiger partial charge in [-0.25, -0.2) is 0 Å². The van der Waals surface area contributed by atoms with Gasteiger partial charge in [0, 0.05) is 0 Å². The van der Waals surface area contributed by atoms with Gasteiger partial charge in [0.05, 0.1) is 17.4 Å². The van der Waals surface area contributed by atoms with Gasteiger partial charge >= 0.3 is 5.97 Å². The van der Waals surface area contributed by atoms with Crippen LogP contribution in [0, 0.1) is 40.4 Å². The molecule has 3 aliphatic rings. The van der Waals surface area contributed by atoms with Crippen LogP contribution in [0.1, 0.15) is 149 Å². The molecule has 0 amide bonds. The Morgan fingerprint density at radius 2 is 1.41 bits per heavy atom. The van der Waals surface area contributed by atoms with Crippen LogP contribution >= 0.6 is 0 Å². The molecule has 3 fully saturated rings. The van der Waals surface area contributed by atoms with Gasteiger partial charge in [-0.2, -0.15) is 5.26 Å². The van der Waals surface area contributed by atoms with Crippen LogP contribution in [-0.2, 0) is 9.53 Å². The average molecular weight is 472 g/mol. The second kappa shape index (κ2) is 14.5. The molecule has 0 bridgehead atoms. The van der Waals surface area contributed by atoms with E-state index in [2.05, 4.69) is 19.9 Å². The molecular weight excluding hydrogens is 418 g/mol. The van der Waals surface area contributed by atoms with E-state index >= 15 is 0 Å². The minimum Gasteiger partial charge on any atom is -0.462 e. The highest BCUT2D eigenvalue weighted by Crippen LogP contribution is 2.47. The van der Waals surface area contributed by atoms with Crippen LogP contribution in [-0.4, -0.2) is 12.1 Å². The lowest BCUT2D eigenvalue weighted by atomic mass is 9.64. The van der Waals surface area contributed by atoms with Gasteiger partial charge < -0.3 is 4.74 Å². The van der Waals surface area contributed by atoms with Gasteiger partial charge in [-0.3, -0.25) is 4.79 Å². The highest BCUT2D eigenvalue weighted by Gasteiger charge is 2.39. The number of carbonyl (C=O) groups excluding carboxylic acids is 1. The van der Waals surface area contributed by atoms with Crippen molar-refractivity contribution in [2.75, 3.05) is 0 Å². The lowest BCUT2D eigenvalue weighted by Crippen LogP contribution is -2.34. The Morgan fingerprint density at radius 3 is 2.03 bits per heavy atom. The van der Waals surface area contributed by atoms with E-state index in [9.17, 15) is 10.1 Å². The maximum atomic E-state index is 12.8. The first-order valence-electron chi connectivity index (χ1n) is 15.2. The fourth-order valence-corrected chi connectivity index (χ4v) is 7.27. The summed E-state index contributed by atoms with van der Waals surface area (Å²) in [5.41, 5.74) is -0.0367. The summed E-state index contributed by atoms with van der Waals surface area (Å²) in [6.45, 7) is 4.53. The van der Waals surface area contributed by atoms with Crippen LogP contribution in [0.2, 0.25) is 0 Å². The molecule has 3 aliphatic carbocycles. The van der Waals surface area contributed by atoms with Gasteiger partial charge in [-0.05, 0) is 101 Å². The molecule has 0 aromatic heterocycles. The summed E-state index contributed by atoms with van der Waals surface area (Å²) >= 11 is 0. The van der Waals surface area contributed by atoms with Crippen LogP contribution in [0.3, 0.4) is 0 Å². The van der Waals surface area contributed by atoms with E-state index < -0.39 is 0 Å². The molecule has 0 aliphatic heterocycles. The van der Waals surface area contributed by atoms with Gasteiger partial charge in [-0.15, -0.1) is 0 Å². The fourth-order valence-electron chi connectivity index (χ4n) is 7.27. The Balaban J connectivity index is 1.32. The highest BCUT2D eigenvalue weighted by atomic mass is 16.5. The summed E-state index contributed by atoms with van der Waals surface area (Å²) < 4.78 is 6.02. The molecule has 3 nitrogen and oxygen atoms in total. The molecule has 0 aromatic carbocycles. The molecule has 0 aromatic rings. The zero-order valence-electron chi connectivity index (χ0n) is 22.5. The lowest BCUT2D eigenvalue weighted by molar-refractivity contribution is -0.157. The van der Waals surface area contributed by atoms with Crippen molar-refractivity contribution in [2.24, 2.45) is 29.1 Å². The normalized spacial score (nSPS) is 34.3. The van der Waals surface area contributed by atoms with E-state index in [1.165, 1.54) is 89.9 Å². The van der Waals surface area contributed by atoms with Crippen LogP contribution in [0.15, 0.2) is 0 Å². The Hall–Kier alpha value is -1.04. The van der Waals surface area contributed by atoms with Gasteiger partial charge in [-0.1, -0.05) is 65.2 Å². The SMILES string of the molecule is CCCCCCCC1(C#N)CCC(C2CCC(OC(=O)C3CCC(CCCC)CC3)CC2)CC1. The standard InChI is InChI=1S/C31H53NO2/c1-3-5-7-8-9-21-31(24-32)22-19-27(20-23-31)26-15-17-29(18-16-26)34-30(33)28-13-11-25(12-14-28)10-6-4-2/h25-29H,3-23H2,1-2H3. The van der Waals surface area contributed by atoms with E-state index in [0.717, 1.165) is 62.7 Å². The number of ether oxygens (including phenoxy) is 1. The number of rotatable bonds is 12. The Bertz CT molecular complexity index is 614. The lowest BCUT2D eigenvalue weighted by Gasteiger charge is -2.40. The maximum Gasteiger partial charge on any atom is 0.309 e. The van der Waals surface area contributed by atoms with E-state index in [4.69, 9.17) is 4.74 Å². The third kappa shape index (κ3) is 8.27. The Labute approximate surface area is 210 Å². The number of carbonyl (C=O) groups is 1. The van der Waals surface area contributed by atoms with E-state index in [0.29, 0.717) is 0 Å². The molecule has 3 saturated carbocycles. The number of hydrogen-bond acceptors (Lipinski definition) is 3. The maximum absolute atomic E-state index is 12.8. The molecule has 34 heavy (non-hydrogen) atoms.